The molecule has 1 aliphatic heterocycles. The van der Waals surface area contributed by atoms with Gasteiger partial charge in [0.15, 0.2) is 0 Å². The number of nitrogens with two attached hydrogens (primary N) is 1. The Morgan fingerprint density at radius 1 is 1.33 bits per heavy atom. The number of nitrogens with one attached hydrogen (secondary N) is 1. The van der Waals surface area contributed by atoms with E-state index >= 15 is 0 Å². The number of aromatic amines is 1. The van der Waals surface area contributed by atoms with E-state index in [1.54, 1.807) is 0 Å². The molecule has 0 aliphatic carbocycles. The van der Waals surface area contributed by atoms with E-state index in [0.717, 1.165) is 29.3 Å². The first-order chi connectivity index (χ1) is 10.2. The standard InChI is InChI=1S/C17H17N3O/c1-10-19-9-16(20-10)12-2-4-14-11(6-12)3-5-17-15(14)7-13(8-18)21-17/h2-6,9,13H,7-8,18H2,1H3,(H,19,20)/t13-/m0/s1. The predicted octanol–water partition coefficient (Wildman–Crippen LogP) is 2.80. The zero-order valence-corrected chi connectivity index (χ0v) is 11.9. The third-order valence-electron chi connectivity index (χ3n) is 4.09. The number of aryl methyl sites for hydroxylation is 1. The van der Waals surface area contributed by atoms with Gasteiger partial charge in [-0.3, -0.25) is 0 Å². The highest BCUT2D eigenvalue weighted by Gasteiger charge is 2.23. The molecule has 4 rings (SSSR count). The van der Waals surface area contributed by atoms with Crippen molar-refractivity contribution in [2.75, 3.05) is 6.54 Å². The van der Waals surface area contributed by atoms with Crippen LogP contribution in [0, 0.1) is 6.92 Å². The molecule has 0 fully saturated rings. The molecule has 0 unspecified atom stereocenters. The summed E-state index contributed by atoms with van der Waals surface area (Å²) in [7, 11) is 0. The summed E-state index contributed by atoms with van der Waals surface area (Å²) in [6.45, 7) is 2.52. The van der Waals surface area contributed by atoms with E-state index in [0.29, 0.717) is 6.54 Å². The number of imidazole rings is 1. The topological polar surface area (TPSA) is 63.9 Å². The number of hydrogen-bond acceptors (Lipinski definition) is 3. The van der Waals surface area contributed by atoms with Crippen LogP contribution in [0.4, 0.5) is 0 Å². The second kappa shape index (κ2) is 4.60. The fourth-order valence-electron chi connectivity index (χ4n) is 3.01. The molecule has 21 heavy (non-hydrogen) atoms. The van der Waals surface area contributed by atoms with Crippen molar-refractivity contribution in [2.45, 2.75) is 19.4 Å². The Labute approximate surface area is 123 Å². The number of benzene rings is 2. The predicted molar refractivity (Wildman–Crippen MR) is 83.4 cm³/mol. The Hall–Kier alpha value is -2.33. The lowest BCUT2D eigenvalue weighted by atomic mass is 9.98. The van der Waals surface area contributed by atoms with Gasteiger partial charge >= 0.3 is 0 Å². The van der Waals surface area contributed by atoms with Crippen LogP contribution in [0.2, 0.25) is 0 Å². The van der Waals surface area contributed by atoms with Crippen molar-refractivity contribution in [1.82, 2.24) is 9.97 Å². The fourth-order valence-corrected chi connectivity index (χ4v) is 3.01. The molecule has 0 radical (unpaired) electrons. The summed E-state index contributed by atoms with van der Waals surface area (Å²) >= 11 is 0. The van der Waals surface area contributed by atoms with Crippen LogP contribution in [0.1, 0.15) is 11.4 Å². The highest BCUT2D eigenvalue weighted by Crippen LogP contribution is 2.36. The minimum Gasteiger partial charge on any atom is -0.488 e. The van der Waals surface area contributed by atoms with Crippen molar-refractivity contribution in [3.05, 3.63) is 47.9 Å². The van der Waals surface area contributed by atoms with Crippen LogP contribution in [0.15, 0.2) is 36.5 Å². The smallest absolute Gasteiger partial charge is 0.123 e. The molecule has 0 saturated carbocycles. The van der Waals surface area contributed by atoms with Gasteiger partial charge in [0.1, 0.15) is 17.7 Å². The number of aromatic nitrogens is 2. The molecule has 1 atom stereocenters. The second-order valence-corrected chi connectivity index (χ2v) is 5.54. The maximum absolute atomic E-state index is 5.84. The SMILES string of the molecule is Cc1ncc(-c2ccc3c4c(ccc3c2)O[C@H](CN)C4)[nH]1. The maximum Gasteiger partial charge on any atom is 0.123 e. The summed E-state index contributed by atoms with van der Waals surface area (Å²) in [4.78, 5) is 7.54. The van der Waals surface area contributed by atoms with Gasteiger partial charge in [0.2, 0.25) is 0 Å². The first kappa shape index (κ1) is 12.4. The first-order valence-electron chi connectivity index (χ1n) is 7.19. The lowest BCUT2D eigenvalue weighted by Gasteiger charge is -2.06. The van der Waals surface area contributed by atoms with Crippen molar-refractivity contribution in [1.29, 1.82) is 0 Å². The Kier molecular flexibility index (Phi) is 2.72. The zero-order chi connectivity index (χ0) is 14.4. The molecule has 1 aliphatic rings. The van der Waals surface area contributed by atoms with Gasteiger partial charge < -0.3 is 15.5 Å². The van der Waals surface area contributed by atoms with Gasteiger partial charge in [0, 0.05) is 24.1 Å². The van der Waals surface area contributed by atoms with Crippen molar-refractivity contribution in [3.63, 3.8) is 0 Å². The van der Waals surface area contributed by atoms with Gasteiger partial charge in [0.25, 0.3) is 0 Å². The number of fused-ring (bicyclic) bond motifs is 3. The number of rotatable bonds is 2. The molecule has 4 nitrogen and oxygen atoms in total. The first-order valence-corrected chi connectivity index (χ1v) is 7.19. The van der Waals surface area contributed by atoms with Crippen molar-refractivity contribution >= 4 is 10.8 Å². The van der Waals surface area contributed by atoms with Crippen LogP contribution in [-0.2, 0) is 6.42 Å². The molecule has 3 aromatic rings. The third kappa shape index (κ3) is 1.99. The molecule has 3 N–H and O–H groups in total. The molecule has 106 valence electrons. The summed E-state index contributed by atoms with van der Waals surface area (Å²) in [5.74, 6) is 1.90. The summed E-state index contributed by atoms with van der Waals surface area (Å²) in [6.07, 6.45) is 2.88. The molecule has 0 amide bonds. The van der Waals surface area contributed by atoms with E-state index in [2.05, 4.69) is 40.3 Å². The average Bonchev–Trinajstić information content (AvgIpc) is 3.12. The quantitative estimate of drug-likeness (QED) is 0.758. The zero-order valence-electron chi connectivity index (χ0n) is 11.9. The van der Waals surface area contributed by atoms with Crippen LogP contribution in [0.5, 0.6) is 5.75 Å². The van der Waals surface area contributed by atoms with Crippen LogP contribution < -0.4 is 10.5 Å². The third-order valence-corrected chi connectivity index (χ3v) is 4.09. The van der Waals surface area contributed by atoms with Gasteiger partial charge in [-0.1, -0.05) is 18.2 Å². The van der Waals surface area contributed by atoms with Gasteiger partial charge in [-0.05, 0) is 29.8 Å². The van der Waals surface area contributed by atoms with Gasteiger partial charge in [-0.2, -0.15) is 0 Å². The maximum atomic E-state index is 5.84. The van der Waals surface area contributed by atoms with Gasteiger partial charge in [-0.25, -0.2) is 4.98 Å². The number of H-pyrrole nitrogens is 1. The molecule has 2 heterocycles. The average molecular weight is 279 g/mol. The van der Waals surface area contributed by atoms with E-state index in [4.69, 9.17) is 10.5 Å². The molecule has 0 spiro atoms. The van der Waals surface area contributed by atoms with E-state index in [9.17, 15) is 0 Å². The molecular formula is C17H17N3O. The van der Waals surface area contributed by atoms with Gasteiger partial charge in [-0.15, -0.1) is 0 Å². The van der Waals surface area contributed by atoms with E-state index in [1.807, 2.05) is 13.1 Å². The number of nitrogens with zero attached hydrogens (tertiary/aromatic N) is 1. The van der Waals surface area contributed by atoms with Crippen molar-refractivity contribution in [3.8, 4) is 17.0 Å². The minimum atomic E-state index is 0.112. The van der Waals surface area contributed by atoms with E-state index in [1.165, 1.54) is 16.3 Å². The Balaban J connectivity index is 1.82. The molecule has 2 aromatic carbocycles. The summed E-state index contributed by atoms with van der Waals surface area (Å²) in [6, 6.07) is 10.7. The fraction of sp³-hybridized carbons (Fsp3) is 0.235. The monoisotopic (exact) mass is 279 g/mol. The van der Waals surface area contributed by atoms with Gasteiger partial charge in [0.05, 0.1) is 11.9 Å². The highest BCUT2D eigenvalue weighted by molar-refractivity contribution is 5.91. The molecule has 0 bridgehead atoms. The second-order valence-electron chi connectivity index (χ2n) is 5.54. The summed E-state index contributed by atoms with van der Waals surface area (Å²) in [5, 5.41) is 2.48. The van der Waals surface area contributed by atoms with Crippen LogP contribution in [0.25, 0.3) is 22.0 Å². The highest BCUT2D eigenvalue weighted by atomic mass is 16.5. The Morgan fingerprint density at radius 2 is 2.24 bits per heavy atom. The summed E-state index contributed by atoms with van der Waals surface area (Å²) in [5.41, 5.74) is 9.19. The number of ether oxygens (including phenoxy) is 1. The molecule has 1 aromatic heterocycles. The molecule has 4 heteroatoms. The van der Waals surface area contributed by atoms with Crippen LogP contribution in [0.3, 0.4) is 0 Å². The Morgan fingerprint density at radius 3 is 3.00 bits per heavy atom. The van der Waals surface area contributed by atoms with Crippen molar-refractivity contribution in [2.24, 2.45) is 5.73 Å². The lowest BCUT2D eigenvalue weighted by Crippen LogP contribution is -2.24. The lowest BCUT2D eigenvalue weighted by molar-refractivity contribution is 0.241. The van der Waals surface area contributed by atoms with E-state index < -0.39 is 0 Å². The molecule has 0 saturated heterocycles. The normalized spacial score (nSPS) is 17.0. The minimum absolute atomic E-state index is 0.112. The molecular weight excluding hydrogens is 262 g/mol. The number of hydrogen-bond donors (Lipinski definition) is 2. The van der Waals surface area contributed by atoms with E-state index in [-0.39, 0.29) is 6.10 Å². The summed E-state index contributed by atoms with van der Waals surface area (Å²) < 4.78 is 5.84. The van der Waals surface area contributed by atoms with Crippen molar-refractivity contribution < 1.29 is 4.74 Å². The van der Waals surface area contributed by atoms with Crippen LogP contribution in [-0.4, -0.2) is 22.6 Å². The Bertz CT molecular complexity index is 822. The van der Waals surface area contributed by atoms with Crippen LogP contribution >= 0.6 is 0 Å². The largest absolute Gasteiger partial charge is 0.488 e.